The Morgan fingerprint density at radius 2 is 2.19 bits per heavy atom. The summed E-state index contributed by atoms with van der Waals surface area (Å²) in [5.74, 6) is 0.499. The molecule has 1 unspecified atom stereocenters. The molecule has 0 radical (unpaired) electrons. The quantitative estimate of drug-likeness (QED) is 0.821. The predicted octanol–water partition coefficient (Wildman–Crippen LogP) is 1.69. The van der Waals surface area contributed by atoms with Crippen molar-refractivity contribution >= 4 is 5.91 Å². The molecule has 1 amide bonds. The standard InChI is InChI=1S/C12H20N2O2/c1-8-9(5-6-16-8)11(15)14-10(7-13)12(2,3)4/h5-6,10H,7,13H2,1-4H3,(H,14,15). The van der Waals surface area contributed by atoms with Crippen LogP contribution >= 0.6 is 0 Å². The van der Waals surface area contributed by atoms with E-state index in [1.165, 1.54) is 6.26 Å². The first-order valence-corrected chi connectivity index (χ1v) is 5.41. The zero-order chi connectivity index (χ0) is 12.3. The number of hydrogen-bond donors (Lipinski definition) is 2. The summed E-state index contributed by atoms with van der Waals surface area (Å²) in [6, 6.07) is 1.62. The Balaban J connectivity index is 2.74. The van der Waals surface area contributed by atoms with E-state index in [1.807, 2.05) is 20.8 Å². The van der Waals surface area contributed by atoms with Crippen LogP contribution in [0.25, 0.3) is 0 Å². The van der Waals surface area contributed by atoms with Crippen molar-refractivity contribution in [3.63, 3.8) is 0 Å². The van der Waals surface area contributed by atoms with Crippen molar-refractivity contribution < 1.29 is 9.21 Å². The number of aryl methyl sites for hydroxylation is 1. The molecule has 0 aliphatic rings. The van der Waals surface area contributed by atoms with E-state index in [1.54, 1.807) is 13.0 Å². The summed E-state index contributed by atoms with van der Waals surface area (Å²) in [7, 11) is 0. The lowest BCUT2D eigenvalue weighted by Gasteiger charge is -2.30. The Labute approximate surface area is 96.2 Å². The minimum atomic E-state index is -0.128. The second-order valence-electron chi connectivity index (χ2n) is 5.02. The Bertz CT molecular complexity index is 363. The second kappa shape index (κ2) is 4.70. The monoisotopic (exact) mass is 224 g/mol. The molecule has 0 saturated carbocycles. The van der Waals surface area contributed by atoms with Crippen LogP contribution in [0.15, 0.2) is 16.7 Å². The van der Waals surface area contributed by atoms with Gasteiger partial charge in [0.2, 0.25) is 0 Å². The number of nitrogens with one attached hydrogen (secondary N) is 1. The van der Waals surface area contributed by atoms with E-state index in [2.05, 4.69) is 5.32 Å². The molecule has 16 heavy (non-hydrogen) atoms. The first-order valence-electron chi connectivity index (χ1n) is 5.41. The van der Waals surface area contributed by atoms with Crippen molar-refractivity contribution in [1.29, 1.82) is 0 Å². The lowest BCUT2D eigenvalue weighted by molar-refractivity contribution is 0.0904. The van der Waals surface area contributed by atoms with Gasteiger partial charge in [-0.15, -0.1) is 0 Å². The fourth-order valence-electron chi connectivity index (χ4n) is 1.49. The predicted molar refractivity (Wildman–Crippen MR) is 63.2 cm³/mol. The average Bonchev–Trinajstić information content (AvgIpc) is 2.58. The summed E-state index contributed by atoms with van der Waals surface area (Å²) in [5, 5.41) is 2.93. The highest BCUT2D eigenvalue weighted by atomic mass is 16.3. The van der Waals surface area contributed by atoms with Gasteiger partial charge >= 0.3 is 0 Å². The zero-order valence-corrected chi connectivity index (χ0v) is 10.3. The molecule has 0 fully saturated rings. The molecule has 1 heterocycles. The summed E-state index contributed by atoms with van der Waals surface area (Å²) >= 11 is 0. The second-order valence-corrected chi connectivity index (χ2v) is 5.02. The van der Waals surface area contributed by atoms with E-state index in [0.717, 1.165) is 0 Å². The molecule has 1 atom stereocenters. The number of furan rings is 1. The van der Waals surface area contributed by atoms with Gasteiger partial charge in [-0.1, -0.05) is 20.8 Å². The first kappa shape index (κ1) is 12.8. The molecular formula is C12H20N2O2. The molecule has 0 aromatic carbocycles. The maximum absolute atomic E-state index is 11.9. The van der Waals surface area contributed by atoms with Crippen molar-refractivity contribution in [3.8, 4) is 0 Å². The molecule has 0 saturated heterocycles. The molecule has 4 heteroatoms. The van der Waals surface area contributed by atoms with Crippen LogP contribution in [-0.2, 0) is 0 Å². The van der Waals surface area contributed by atoms with Crippen LogP contribution in [0.1, 0.15) is 36.9 Å². The smallest absolute Gasteiger partial charge is 0.255 e. The van der Waals surface area contributed by atoms with Crippen LogP contribution in [0.4, 0.5) is 0 Å². The summed E-state index contributed by atoms with van der Waals surface area (Å²) in [6.07, 6.45) is 1.51. The van der Waals surface area contributed by atoms with Gasteiger partial charge in [0.25, 0.3) is 5.91 Å². The van der Waals surface area contributed by atoms with Crippen LogP contribution in [0.2, 0.25) is 0 Å². The Morgan fingerprint density at radius 3 is 2.56 bits per heavy atom. The van der Waals surface area contributed by atoms with Crippen molar-refractivity contribution in [2.75, 3.05) is 6.54 Å². The molecule has 0 bridgehead atoms. The number of hydrogen-bond acceptors (Lipinski definition) is 3. The maximum atomic E-state index is 11.9. The van der Waals surface area contributed by atoms with Crippen molar-refractivity contribution in [1.82, 2.24) is 5.32 Å². The van der Waals surface area contributed by atoms with Gasteiger partial charge in [-0.2, -0.15) is 0 Å². The van der Waals surface area contributed by atoms with Crippen molar-refractivity contribution in [2.24, 2.45) is 11.1 Å². The Kier molecular flexibility index (Phi) is 3.75. The highest BCUT2D eigenvalue weighted by Gasteiger charge is 2.26. The first-order chi connectivity index (χ1) is 7.36. The highest BCUT2D eigenvalue weighted by molar-refractivity contribution is 5.95. The number of rotatable bonds is 3. The van der Waals surface area contributed by atoms with E-state index in [-0.39, 0.29) is 17.4 Å². The fourth-order valence-corrected chi connectivity index (χ4v) is 1.49. The largest absolute Gasteiger partial charge is 0.469 e. The third kappa shape index (κ3) is 2.85. The normalized spacial score (nSPS) is 13.6. The SMILES string of the molecule is Cc1occc1C(=O)NC(CN)C(C)(C)C. The average molecular weight is 224 g/mol. The molecule has 0 aliphatic carbocycles. The van der Waals surface area contributed by atoms with Crippen LogP contribution in [0.3, 0.4) is 0 Å². The van der Waals surface area contributed by atoms with Crippen LogP contribution in [-0.4, -0.2) is 18.5 Å². The van der Waals surface area contributed by atoms with Gasteiger partial charge in [0, 0.05) is 12.6 Å². The number of carbonyl (C=O) groups excluding carboxylic acids is 1. The van der Waals surface area contributed by atoms with Crippen LogP contribution in [0, 0.1) is 12.3 Å². The van der Waals surface area contributed by atoms with Gasteiger partial charge in [0.1, 0.15) is 5.76 Å². The topological polar surface area (TPSA) is 68.3 Å². The third-order valence-electron chi connectivity index (χ3n) is 2.69. The molecule has 3 N–H and O–H groups in total. The van der Waals surface area contributed by atoms with Gasteiger partial charge < -0.3 is 15.5 Å². The molecule has 4 nitrogen and oxygen atoms in total. The molecule has 0 aliphatic heterocycles. The number of amides is 1. The van der Waals surface area contributed by atoms with E-state index in [4.69, 9.17) is 10.2 Å². The fraction of sp³-hybridized carbons (Fsp3) is 0.583. The zero-order valence-electron chi connectivity index (χ0n) is 10.3. The van der Waals surface area contributed by atoms with Crippen LogP contribution < -0.4 is 11.1 Å². The van der Waals surface area contributed by atoms with Gasteiger partial charge in [-0.05, 0) is 18.4 Å². The maximum Gasteiger partial charge on any atom is 0.255 e. The van der Waals surface area contributed by atoms with Gasteiger partial charge in [-0.25, -0.2) is 0 Å². The lowest BCUT2D eigenvalue weighted by atomic mass is 9.86. The van der Waals surface area contributed by atoms with Crippen molar-refractivity contribution in [2.45, 2.75) is 33.7 Å². The summed E-state index contributed by atoms with van der Waals surface area (Å²) < 4.78 is 5.09. The summed E-state index contributed by atoms with van der Waals surface area (Å²) in [5.41, 5.74) is 6.18. The number of nitrogens with two attached hydrogens (primary N) is 1. The van der Waals surface area contributed by atoms with Gasteiger partial charge in [-0.3, -0.25) is 4.79 Å². The molecule has 0 spiro atoms. The molecule has 1 rings (SSSR count). The van der Waals surface area contributed by atoms with E-state index in [9.17, 15) is 4.79 Å². The third-order valence-corrected chi connectivity index (χ3v) is 2.69. The lowest BCUT2D eigenvalue weighted by Crippen LogP contribution is -2.48. The number of carbonyl (C=O) groups is 1. The summed E-state index contributed by atoms with van der Waals surface area (Å²) in [4.78, 5) is 11.9. The van der Waals surface area contributed by atoms with E-state index >= 15 is 0 Å². The Hall–Kier alpha value is -1.29. The summed E-state index contributed by atoms with van der Waals surface area (Å²) in [6.45, 7) is 8.34. The van der Waals surface area contributed by atoms with E-state index in [0.29, 0.717) is 17.9 Å². The Morgan fingerprint density at radius 1 is 1.56 bits per heavy atom. The molecule has 1 aromatic heterocycles. The van der Waals surface area contributed by atoms with Gasteiger partial charge in [0.05, 0.1) is 11.8 Å². The minimum Gasteiger partial charge on any atom is -0.469 e. The van der Waals surface area contributed by atoms with Gasteiger partial charge in [0.15, 0.2) is 0 Å². The van der Waals surface area contributed by atoms with E-state index < -0.39 is 0 Å². The van der Waals surface area contributed by atoms with Crippen molar-refractivity contribution in [3.05, 3.63) is 23.7 Å². The molecule has 1 aromatic rings. The molecular weight excluding hydrogens is 204 g/mol. The highest BCUT2D eigenvalue weighted by Crippen LogP contribution is 2.19. The van der Waals surface area contributed by atoms with Crippen LogP contribution in [0.5, 0.6) is 0 Å². The minimum absolute atomic E-state index is 0.0469. The molecule has 90 valence electrons.